The van der Waals surface area contributed by atoms with E-state index in [1.165, 1.54) is 6.26 Å². The largest absolute Gasteiger partial charge is 0.459 e. The fraction of sp³-hybridized carbons (Fsp3) is 0.400. The number of carbonyl (C=O) groups is 2. The van der Waals surface area contributed by atoms with Gasteiger partial charge in [0.25, 0.3) is 5.91 Å². The monoisotopic (exact) mass is 302 g/mol. The second kappa shape index (κ2) is 6.05. The number of nitrogens with zero attached hydrogens (tertiary/aromatic N) is 4. The molecule has 1 fully saturated rings. The van der Waals surface area contributed by atoms with E-state index in [1.807, 2.05) is 6.92 Å². The van der Waals surface area contributed by atoms with Crippen molar-refractivity contribution in [2.45, 2.75) is 13.0 Å². The van der Waals surface area contributed by atoms with Crippen molar-refractivity contribution < 1.29 is 14.0 Å². The van der Waals surface area contributed by atoms with Crippen LogP contribution >= 0.6 is 0 Å². The van der Waals surface area contributed by atoms with Crippen molar-refractivity contribution in [1.82, 2.24) is 19.4 Å². The van der Waals surface area contributed by atoms with Gasteiger partial charge >= 0.3 is 0 Å². The van der Waals surface area contributed by atoms with E-state index in [1.54, 1.807) is 45.2 Å². The first kappa shape index (κ1) is 14.4. The van der Waals surface area contributed by atoms with Gasteiger partial charge in [0.15, 0.2) is 5.76 Å². The van der Waals surface area contributed by atoms with E-state index in [4.69, 9.17) is 4.42 Å². The summed E-state index contributed by atoms with van der Waals surface area (Å²) in [6.45, 7) is 3.95. The average Bonchev–Trinajstić information content (AvgIpc) is 3.26. The zero-order valence-electron chi connectivity index (χ0n) is 12.4. The van der Waals surface area contributed by atoms with Crippen LogP contribution in [-0.4, -0.2) is 57.3 Å². The average molecular weight is 302 g/mol. The van der Waals surface area contributed by atoms with Crippen LogP contribution in [0.3, 0.4) is 0 Å². The van der Waals surface area contributed by atoms with Crippen LogP contribution in [0.15, 0.2) is 41.5 Å². The summed E-state index contributed by atoms with van der Waals surface area (Å²) >= 11 is 0. The van der Waals surface area contributed by atoms with Crippen molar-refractivity contribution in [3.05, 3.63) is 42.9 Å². The molecule has 1 aliphatic heterocycles. The standard InChI is InChI=1S/C15H18N4O3/c1-12(19-5-4-16-11-19)14(20)17-6-8-18(9-7-17)15(21)13-3-2-10-22-13/h2-5,10-12H,6-9H2,1H3. The topological polar surface area (TPSA) is 71.6 Å². The first-order chi connectivity index (χ1) is 10.7. The van der Waals surface area contributed by atoms with Crippen molar-refractivity contribution >= 4 is 11.8 Å². The van der Waals surface area contributed by atoms with Gasteiger partial charge in [-0.15, -0.1) is 0 Å². The minimum Gasteiger partial charge on any atom is -0.459 e. The molecule has 3 rings (SSSR count). The number of rotatable bonds is 3. The molecule has 3 heterocycles. The predicted octanol–water partition coefficient (Wildman–Crippen LogP) is 1.02. The fourth-order valence-corrected chi connectivity index (χ4v) is 2.58. The minimum absolute atomic E-state index is 0.0445. The van der Waals surface area contributed by atoms with Gasteiger partial charge in [-0.05, 0) is 19.1 Å². The number of aromatic nitrogens is 2. The van der Waals surface area contributed by atoms with Gasteiger partial charge in [-0.2, -0.15) is 0 Å². The molecule has 7 heteroatoms. The fourth-order valence-electron chi connectivity index (χ4n) is 2.58. The molecule has 0 saturated carbocycles. The van der Waals surface area contributed by atoms with Gasteiger partial charge in [0.2, 0.25) is 5.91 Å². The summed E-state index contributed by atoms with van der Waals surface area (Å²) in [5.41, 5.74) is 0. The third kappa shape index (κ3) is 2.74. The zero-order valence-corrected chi connectivity index (χ0v) is 12.4. The maximum Gasteiger partial charge on any atom is 0.289 e. The van der Waals surface area contributed by atoms with E-state index in [0.29, 0.717) is 31.9 Å². The molecule has 1 atom stereocenters. The Morgan fingerprint density at radius 1 is 1.23 bits per heavy atom. The first-order valence-electron chi connectivity index (χ1n) is 7.26. The molecule has 2 amide bonds. The predicted molar refractivity (Wildman–Crippen MR) is 78.1 cm³/mol. The maximum atomic E-state index is 12.5. The van der Waals surface area contributed by atoms with Crippen molar-refractivity contribution in [2.75, 3.05) is 26.2 Å². The van der Waals surface area contributed by atoms with Crippen LogP contribution < -0.4 is 0 Å². The summed E-state index contributed by atoms with van der Waals surface area (Å²) in [7, 11) is 0. The zero-order chi connectivity index (χ0) is 15.5. The van der Waals surface area contributed by atoms with Crippen LogP contribution in [0.4, 0.5) is 0 Å². The lowest BCUT2D eigenvalue weighted by Gasteiger charge is -2.35. The van der Waals surface area contributed by atoms with Gasteiger partial charge in [-0.25, -0.2) is 4.98 Å². The summed E-state index contributed by atoms with van der Waals surface area (Å²) in [5.74, 6) is 0.259. The smallest absolute Gasteiger partial charge is 0.289 e. The summed E-state index contributed by atoms with van der Waals surface area (Å²) in [4.78, 5) is 32.1. The molecular formula is C15H18N4O3. The maximum absolute atomic E-state index is 12.5. The lowest BCUT2D eigenvalue weighted by molar-refractivity contribution is -0.135. The Labute approximate surface area is 128 Å². The highest BCUT2D eigenvalue weighted by atomic mass is 16.3. The highest BCUT2D eigenvalue weighted by molar-refractivity contribution is 5.91. The second-order valence-electron chi connectivity index (χ2n) is 5.28. The van der Waals surface area contributed by atoms with Crippen LogP contribution in [0.1, 0.15) is 23.5 Å². The Morgan fingerprint density at radius 2 is 1.95 bits per heavy atom. The van der Waals surface area contributed by atoms with Crippen molar-refractivity contribution in [2.24, 2.45) is 0 Å². The third-order valence-electron chi connectivity index (χ3n) is 3.94. The van der Waals surface area contributed by atoms with Gasteiger partial charge in [0.1, 0.15) is 6.04 Å². The highest BCUT2D eigenvalue weighted by Gasteiger charge is 2.28. The molecule has 22 heavy (non-hydrogen) atoms. The molecule has 0 aromatic carbocycles. The van der Waals surface area contributed by atoms with E-state index >= 15 is 0 Å². The van der Waals surface area contributed by atoms with Crippen LogP contribution in [0.5, 0.6) is 0 Å². The minimum atomic E-state index is -0.283. The molecule has 1 saturated heterocycles. The molecule has 0 bridgehead atoms. The van der Waals surface area contributed by atoms with Gasteiger partial charge in [0, 0.05) is 38.6 Å². The van der Waals surface area contributed by atoms with E-state index in [-0.39, 0.29) is 17.9 Å². The molecule has 0 N–H and O–H groups in total. The quantitative estimate of drug-likeness (QED) is 0.848. The number of amides is 2. The third-order valence-corrected chi connectivity index (χ3v) is 3.94. The van der Waals surface area contributed by atoms with E-state index in [9.17, 15) is 9.59 Å². The summed E-state index contributed by atoms with van der Waals surface area (Å²) in [6.07, 6.45) is 6.56. The van der Waals surface area contributed by atoms with Gasteiger partial charge in [-0.1, -0.05) is 0 Å². The van der Waals surface area contributed by atoms with Crippen LogP contribution in [0.2, 0.25) is 0 Å². The van der Waals surface area contributed by atoms with E-state index < -0.39 is 0 Å². The summed E-state index contributed by atoms with van der Waals surface area (Å²) in [6, 6.07) is 3.07. The number of furan rings is 1. The Balaban J connectivity index is 1.57. The molecule has 0 radical (unpaired) electrons. The van der Waals surface area contributed by atoms with Crippen molar-refractivity contribution in [3.8, 4) is 0 Å². The molecule has 116 valence electrons. The van der Waals surface area contributed by atoms with Crippen LogP contribution in [0, 0.1) is 0 Å². The molecule has 1 aliphatic rings. The molecule has 2 aromatic rings. The van der Waals surface area contributed by atoms with Gasteiger partial charge in [0.05, 0.1) is 12.6 Å². The van der Waals surface area contributed by atoms with Crippen LogP contribution in [-0.2, 0) is 4.79 Å². The Hall–Kier alpha value is -2.57. The summed E-state index contributed by atoms with van der Waals surface area (Å²) < 4.78 is 6.91. The highest BCUT2D eigenvalue weighted by Crippen LogP contribution is 2.14. The lowest BCUT2D eigenvalue weighted by atomic mass is 10.2. The van der Waals surface area contributed by atoms with Crippen molar-refractivity contribution in [3.63, 3.8) is 0 Å². The molecule has 0 spiro atoms. The number of carbonyl (C=O) groups excluding carboxylic acids is 2. The Kier molecular flexibility index (Phi) is 3.95. The number of piperazine rings is 1. The Bertz CT molecular complexity index is 628. The SMILES string of the molecule is CC(C(=O)N1CCN(C(=O)c2ccco2)CC1)n1ccnc1. The molecule has 2 aromatic heterocycles. The molecule has 1 unspecified atom stereocenters. The lowest BCUT2D eigenvalue weighted by Crippen LogP contribution is -2.51. The molecule has 0 aliphatic carbocycles. The second-order valence-corrected chi connectivity index (χ2v) is 5.28. The van der Waals surface area contributed by atoms with E-state index in [2.05, 4.69) is 4.98 Å². The summed E-state index contributed by atoms with van der Waals surface area (Å²) in [5, 5.41) is 0. The number of hydrogen-bond acceptors (Lipinski definition) is 4. The number of hydrogen-bond donors (Lipinski definition) is 0. The Morgan fingerprint density at radius 3 is 2.55 bits per heavy atom. The van der Waals surface area contributed by atoms with Gasteiger partial charge in [-0.3, -0.25) is 9.59 Å². The number of imidazole rings is 1. The normalized spacial score (nSPS) is 16.6. The van der Waals surface area contributed by atoms with Crippen LogP contribution in [0.25, 0.3) is 0 Å². The first-order valence-corrected chi connectivity index (χ1v) is 7.26. The van der Waals surface area contributed by atoms with Crippen molar-refractivity contribution in [1.29, 1.82) is 0 Å². The van der Waals surface area contributed by atoms with Gasteiger partial charge < -0.3 is 18.8 Å². The molecule has 7 nitrogen and oxygen atoms in total. The van der Waals surface area contributed by atoms with E-state index in [0.717, 1.165) is 0 Å². The molecular weight excluding hydrogens is 284 g/mol.